The van der Waals surface area contributed by atoms with Gasteiger partial charge in [-0.2, -0.15) is 10.1 Å². The van der Waals surface area contributed by atoms with E-state index in [1.165, 1.54) is 9.59 Å². The highest BCUT2D eigenvalue weighted by atomic mass is 15.6. The summed E-state index contributed by atoms with van der Waals surface area (Å²) in [5, 5.41) is 32.2. The van der Waals surface area contributed by atoms with Gasteiger partial charge in [-0.1, -0.05) is 30.3 Å². The molecule has 0 amide bonds. The summed E-state index contributed by atoms with van der Waals surface area (Å²) in [5.41, 5.74) is 0.889. The zero-order valence-corrected chi connectivity index (χ0v) is 10.3. The quantitative estimate of drug-likeness (QED) is 0.648. The van der Waals surface area contributed by atoms with E-state index in [4.69, 9.17) is 5.26 Å². The third-order valence-electron chi connectivity index (χ3n) is 2.47. The lowest BCUT2D eigenvalue weighted by atomic mass is 10.2. The Kier molecular flexibility index (Phi) is 3.12. The molecule has 0 bridgehead atoms. The van der Waals surface area contributed by atoms with Crippen molar-refractivity contribution in [1.82, 2.24) is 40.4 Å². The molecule has 9 nitrogen and oxygen atoms in total. The van der Waals surface area contributed by atoms with E-state index in [2.05, 4.69) is 30.8 Å². The lowest BCUT2D eigenvalue weighted by Gasteiger charge is -1.93. The van der Waals surface area contributed by atoms with Crippen molar-refractivity contribution in [3.05, 3.63) is 36.2 Å². The van der Waals surface area contributed by atoms with Gasteiger partial charge in [0.1, 0.15) is 13.1 Å². The molecule has 2 heterocycles. The molecule has 0 aliphatic heterocycles. The molecule has 0 saturated heterocycles. The molecule has 0 spiro atoms. The van der Waals surface area contributed by atoms with Crippen molar-refractivity contribution in [2.24, 2.45) is 0 Å². The molecule has 20 heavy (non-hydrogen) atoms. The van der Waals surface area contributed by atoms with Gasteiger partial charge in [-0.05, 0) is 10.4 Å². The zero-order chi connectivity index (χ0) is 13.8. The van der Waals surface area contributed by atoms with Crippen molar-refractivity contribution >= 4 is 0 Å². The van der Waals surface area contributed by atoms with Crippen molar-refractivity contribution < 1.29 is 0 Å². The standard InChI is InChI=1S/C11H9N9/c12-6-7-19-15-10(13-17-19)8-20-16-11(14-18-20)9-4-2-1-3-5-9/h1-5H,7-8H2. The van der Waals surface area contributed by atoms with Crippen molar-refractivity contribution in [3.8, 4) is 17.5 Å². The smallest absolute Gasteiger partial charge is 0.196 e. The average Bonchev–Trinajstić information content (AvgIpc) is 3.11. The Morgan fingerprint density at radius 1 is 1.00 bits per heavy atom. The molecule has 0 aliphatic rings. The van der Waals surface area contributed by atoms with Crippen LogP contribution >= 0.6 is 0 Å². The van der Waals surface area contributed by atoms with Gasteiger partial charge in [-0.3, -0.25) is 0 Å². The first kappa shape index (κ1) is 11.9. The zero-order valence-electron chi connectivity index (χ0n) is 10.3. The molecule has 0 unspecified atom stereocenters. The molecule has 3 aromatic rings. The van der Waals surface area contributed by atoms with Crippen LogP contribution in [0.5, 0.6) is 0 Å². The van der Waals surface area contributed by atoms with Crippen LogP contribution in [0.25, 0.3) is 11.4 Å². The number of hydrogen-bond donors (Lipinski definition) is 0. The molecule has 0 N–H and O–H groups in total. The SMILES string of the molecule is N#CCn1nnc(Cn2nnc(-c3ccccc3)n2)n1. The summed E-state index contributed by atoms with van der Waals surface area (Å²) in [5.74, 6) is 0.965. The highest BCUT2D eigenvalue weighted by Gasteiger charge is 2.08. The van der Waals surface area contributed by atoms with Crippen LogP contribution < -0.4 is 0 Å². The first-order chi connectivity index (χ1) is 9.85. The fourth-order valence-electron chi connectivity index (χ4n) is 1.61. The van der Waals surface area contributed by atoms with Gasteiger partial charge in [-0.15, -0.1) is 25.2 Å². The van der Waals surface area contributed by atoms with Gasteiger partial charge in [-0.25, -0.2) is 0 Å². The average molecular weight is 267 g/mol. The van der Waals surface area contributed by atoms with Gasteiger partial charge in [0, 0.05) is 5.56 Å². The summed E-state index contributed by atoms with van der Waals surface area (Å²) in [6, 6.07) is 11.5. The summed E-state index contributed by atoms with van der Waals surface area (Å²) in [4.78, 5) is 2.60. The molecule has 2 aromatic heterocycles. The first-order valence-electron chi connectivity index (χ1n) is 5.82. The van der Waals surface area contributed by atoms with Crippen LogP contribution in [-0.4, -0.2) is 40.4 Å². The number of hydrogen-bond acceptors (Lipinski definition) is 7. The maximum Gasteiger partial charge on any atom is 0.204 e. The van der Waals surface area contributed by atoms with Gasteiger partial charge in [0.05, 0.1) is 6.07 Å². The fourth-order valence-corrected chi connectivity index (χ4v) is 1.61. The molecule has 0 fully saturated rings. The summed E-state index contributed by atoms with van der Waals surface area (Å²) in [6.45, 7) is 0.318. The van der Waals surface area contributed by atoms with E-state index < -0.39 is 0 Å². The van der Waals surface area contributed by atoms with Gasteiger partial charge in [0.25, 0.3) is 0 Å². The van der Waals surface area contributed by atoms with Gasteiger partial charge < -0.3 is 0 Å². The molecule has 0 atom stereocenters. The minimum Gasteiger partial charge on any atom is -0.196 e. The number of aromatic nitrogens is 8. The van der Waals surface area contributed by atoms with Gasteiger partial charge in [0.15, 0.2) is 5.82 Å². The molecule has 0 saturated carbocycles. The summed E-state index contributed by atoms with van der Waals surface area (Å²) in [7, 11) is 0. The highest BCUT2D eigenvalue weighted by molar-refractivity contribution is 5.52. The highest BCUT2D eigenvalue weighted by Crippen LogP contribution is 2.11. The predicted octanol–water partition coefficient (Wildman–Crippen LogP) is -0.102. The van der Waals surface area contributed by atoms with Crippen molar-refractivity contribution in [2.75, 3.05) is 0 Å². The van der Waals surface area contributed by atoms with E-state index in [-0.39, 0.29) is 13.1 Å². The van der Waals surface area contributed by atoms with Crippen molar-refractivity contribution in [3.63, 3.8) is 0 Å². The van der Waals surface area contributed by atoms with E-state index in [1.807, 2.05) is 36.4 Å². The van der Waals surface area contributed by atoms with Crippen molar-refractivity contribution in [1.29, 1.82) is 5.26 Å². The van der Waals surface area contributed by atoms with Gasteiger partial charge in [0.2, 0.25) is 5.82 Å². The summed E-state index contributed by atoms with van der Waals surface area (Å²) >= 11 is 0. The number of benzene rings is 1. The second kappa shape index (κ2) is 5.23. The monoisotopic (exact) mass is 267 g/mol. The van der Waals surface area contributed by atoms with E-state index in [1.54, 1.807) is 0 Å². The predicted molar refractivity (Wildman–Crippen MR) is 65.8 cm³/mol. The Balaban J connectivity index is 1.75. The molecule has 1 aromatic carbocycles. The van der Waals surface area contributed by atoms with E-state index in [0.29, 0.717) is 11.6 Å². The number of nitriles is 1. The minimum absolute atomic E-state index is 0.0626. The van der Waals surface area contributed by atoms with E-state index >= 15 is 0 Å². The number of rotatable bonds is 4. The Bertz CT molecular complexity index is 737. The van der Waals surface area contributed by atoms with E-state index in [9.17, 15) is 0 Å². The Hall–Kier alpha value is -3.15. The Morgan fingerprint density at radius 3 is 2.60 bits per heavy atom. The Morgan fingerprint density at radius 2 is 1.80 bits per heavy atom. The first-order valence-corrected chi connectivity index (χ1v) is 5.82. The number of nitrogens with zero attached hydrogens (tertiary/aromatic N) is 9. The molecule has 0 aliphatic carbocycles. The van der Waals surface area contributed by atoms with E-state index in [0.717, 1.165) is 5.56 Å². The minimum atomic E-state index is 0.0626. The van der Waals surface area contributed by atoms with Crippen LogP contribution in [0, 0.1) is 11.3 Å². The molecule has 0 radical (unpaired) electrons. The topological polar surface area (TPSA) is 111 Å². The summed E-state index contributed by atoms with van der Waals surface area (Å²) < 4.78 is 0. The maximum atomic E-state index is 8.53. The molecule has 9 heteroatoms. The lowest BCUT2D eigenvalue weighted by molar-refractivity contribution is 0.546. The third-order valence-corrected chi connectivity index (χ3v) is 2.47. The second-order valence-corrected chi connectivity index (χ2v) is 3.90. The molecule has 98 valence electrons. The maximum absolute atomic E-state index is 8.53. The van der Waals surface area contributed by atoms with Crippen LogP contribution in [0.3, 0.4) is 0 Å². The van der Waals surface area contributed by atoms with Crippen LogP contribution in [0.4, 0.5) is 0 Å². The number of tetrazole rings is 2. The van der Waals surface area contributed by atoms with Gasteiger partial charge >= 0.3 is 0 Å². The Labute approximate surface area is 113 Å². The van der Waals surface area contributed by atoms with Crippen LogP contribution in [0.2, 0.25) is 0 Å². The second-order valence-electron chi connectivity index (χ2n) is 3.90. The molecule has 3 rings (SSSR count). The molecular formula is C11H9N9. The normalized spacial score (nSPS) is 10.3. The van der Waals surface area contributed by atoms with Crippen LogP contribution in [-0.2, 0) is 13.1 Å². The van der Waals surface area contributed by atoms with Crippen LogP contribution in [0.15, 0.2) is 30.3 Å². The summed E-state index contributed by atoms with van der Waals surface area (Å²) in [6.07, 6.45) is 0. The largest absolute Gasteiger partial charge is 0.204 e. The fraction of sp³-hybridized carbons (Fsp3) is 0.182. The molecular weight excluding hydrogens is 258 g/mol. The lowest BCUT2D eigenvalue weighted by Crippen LogP contribution is -2.06. The third kappa shape index (κ3) is 2.49. The van der Waals surface area contributed by atoms with Crippen molar-refractivity contribution in [2.45, 2.75) is 13.1 Å². The van der Waals surface area contributed by atoms with Crippen LogP contribution in [0.1, 0.15) is 5.82 Å².